The SMILES string of the molecule is CCCNC(CCc1ccsc1)CC(C)CC. The van der Waals surface area contributed by atoms with Crippen molar-refractivity contribution in [2.45, 2.75) is 58.9 Å². The van der Waals surface area contributed by atoms with E-state index >= 15 is 0 Å². The Kier molecular flexibility index (Phi) is 7.54. The largest absolute Gasteiger partial charge is 0.314 e. The molecule has 2 unspecified atom stereocenters. The van der Waals surface area contributed by atoms with Crippen LogP contribution in [0.2, 0.25) is 0 Å². The molecule has 0 radical (unpaired) electrons. The normalized spacial score (nSPS) is 14.8. The maximum atomic E-state index is 3.70. The second kappa shape index (κ2) is 8.71. The summed E-state index contributed by atoms with van der Waals surface area (Å²) in [5, 5.41) is 8.16. The van der Waals surface area contributed by atoms with Crippen LogP contribution < -0.4 is 5.32 Å². The molecule has 1 rings (SSSR count). The monoisotopic (exact) mass is 253 g/mol. The molecule has 0 saturated carbocycles. The predicted octanol–water partition coefficient (Wildman–Crippen LogP) is 4.49. The van der Waals surface area contributed by atoms with E-state index in [4.69, 9.17) is 0 Å². The second-order valence-corrected chi connectivity index (χ2v) is 5.85. The standard InChI is InChI=1S/C15H27NS/c1-4-9-16-15(11-13(3)5-2)7-6-14-8-10-17-12-14/h8,10,12-13,15-16H,4-7,9,11H2,1-3H3. The first-order valence-corrected chi connectivity index (χ1v) is 7.95. The summed E-state index contributed by atoms with van der Waals surface area (Å²) < 4.78 is 0. The third-order valence-corrected chi connectivity index (χ3v) is 4.16. The molecule has 1 heterocycles. The summed E-state index contributed by atoms with van der Waals surface area (Å²) in [5.41, 5.74) is 1.50. The summed E-state index contributed by atoms with van der Waals surface area (Å²) in [4.78, 5) is 0. The van der Waals surface area contributed by atoms with Gasteiger partial charge in [-0.25, -0.2) is 0 Å². The van der Waals surface area contributed by atoms with Gasteiger partial charge in [0.1, 0.15) is 0 Å². The Balaban J connectivity index is 2.33. The van der Waals surface area contributed by atoms with E-state index in [2.05, 4.69) is 42.9 Å². The fourth-order valence-corrected chi connectivity index (χ4v) is 2.78. The number of thiophene rings is 1. The van der Waals surface area contributed by atoms with Crippen LogP contribution in [-0.2, 0) is 6.42 Å². The van der Waals surface area contributed by atoms with E-state index in [0.717, 1.165) is 12.5 Å². The fraction of sp³-hybridized carbons (Fsp3) is 0.733. The molecule has 0 aliphatic heterocycles. The van der Waals surface area contributed by atoms with Crippen molar-refractivity contribution >= 4 is 11.3 Å². The molecule has 0 amide bonds. The van der Waals surface area contributed by atoms with Crippen LogP contribution in [0.15, 0.2) is 16.8 Å². The third kappa shape index (κ3) is 6.23. The summed E-state index contributed by atoms with van der Waals surface area (Å²) >= 11 is 1.81. The van der Waals surface area contributed by atoms with E-state index in [0.29, 0.717) is 6.04 Å². The molecule has 2 atom stereocenters. The molecule has 1 aromatic rings. The van der Waals surface area contributed by atoms with Gasteiger partial charge in [0.05, 0.1) is 0 Å². The zero-order chi connectivity index (χ0) is 12.5. The van der Waals surface area contributed by atoms with Crippen LogP contribution >= 0.6 is 11.3 Å². The number of rotatable bonds is 9. The zero-order valence-corrected chi connectivity index (χ0v) is 12.4. The van der Waals surface area contributed by atoms with Crippen molar-refractivity contribution in [3.05, 3.63) is 22.4 Å². The summed E-state index contributed by atoms with van der Waals surface area (Å²) in [6.45, 7) is 8.06. The summed E-state index contributed by atoms with van der Waals surface area (Å²) in [7, 11) is 0. The summed E-state index contributed by atoms with van der Waals surface area (Å²) in [5.74, 6) is 0.840. The maximum Gasteiger partial charge on any atom is 0.00727 e. The quantitative estimate of drug-likeness (QED) is 0.684. The van der Waals surface area contributed by atoms with Gasteiger partial charge in [-0.3, -0.25) is 0 Å². The Morgan fingerprint density at radius 2 is 2.18 bits per heavy atom. The minimum atomic E-state index is 0.699. The van der Waals surface area contributed by atoms with Crippen LogP contribution in [0.5, 0.6) is 0 Å². The highest BCUT2D eigenvalue weighted by atomic mass is 32.1. The summed E-state index contributed by atoms with van der Waals surface area (Å²) in [6.07, 6.45) is 6.35. The predicted molar refractivity (Wildman–Crippen MR) is 78.8 cm³/mol. The zero-order valence-electron chi connectivity index (χ0n) is 11.5. The van der Waals surface area contributed by atoms with Crippen molar-refractivity contribution in [3.63, 3.8) is 0 Å². The molecule has 0 aliphatic rings. The maximum absolute atomic E-state index is 3.70. The lowest BCUT2D eigenvalue weighted by atomic mass is 9.95. The Hall–Kier alpha value is -0.340. The van der Waals surface area contributed by atoms with Gasteiger partial charge in [0.15, 0.2) is 0 Å². The Morgan fingerprint density at radius 1 is 1.35 bits per heavy atom. The van der Waals surface area contributed by atoms with Gasteiger partial charge in [-0.2, -0.15) is 11.3 Å². The molecule has 1 N–H and O–H groups in total. The molecule has 17 heavy (non-hydrogen) atoms. The average Bonchev–Trinajstić information content (AvgIpc) is 2.85. The molecule has 98 valence electrons. The lowest BCUT2D eigenvalue weighted by Gasteiger charge is -2.21. The highest BCUT2D eigenvalue weighted by molar-refractivity contribution is 7.07. The molecule has 2 heteroatoms. The van der Waals surface area contributed by atoms with Crippen molar-refractivity contribution in [2.75, 3.05) is 6.54 Å². The van der Waals surface area contributed by atoms with Crippen LogP contribution in [0.4, 0.5) is 0 Å². The van der Waals surface area contributed by atoms with Crippen LogP contribution in [-0.4, -0.2) is 12.6 Å². The van der Waals surface area contributed by atoms with Crippen LogP contribution in [0.3, 0.4) is 0 Å². The minimum absolute atomic E-state index is 0.699. The lowest BCUT2D eigenvalue weighted by molar-refractivity contribution is 0.377. The summed E-state index contributed by atoms with van der Waals surface area (Å²) in [6, 6.07) is 2.95. The Labute approximate surface area is 111 Å². The van der Waals surface area contributed by atoms with Crippen LogP contribution in [0.25, 0.3) is 0 Å². The van der Waals surface area contributed by atoms with E-state index in [1.807, 2.05) is 11.3 Å². The fourth-order valence-electron chi connectivity index (χ4n) is 2.08. The van der Waals surface area contributed by atoms with Crippen molar-refractivity contribution in [2.24, 2.45) is 5.92 Å². The number of hydrogen-bond donors (Lipinski definition) is 1. The van der Waals surface area contributed by atoms with E-state index in [-0.39, 0.29) is 0 Å². The molecule has 0 saturated heterocycles. The third-order valence-electron chi connectivity index (χ3n) is 3.43. The molecule has 1 aromatic heterocycles. The molecule has 0 bridgehead atoms. The van der Waals surface area contributed by atoms with Crippen molar-refractivity contribution in [1.29, 1.82) is 0 Å². The highest BCUT2D eigenvalue weighted by Gasteiger charge is 2.11. The molecule has 0 aromatic carbocycles. The van der Waals surface area contributed by atoms with Gasteiger partial charge in [0, 0.05) is 6.04 Å². The smallest absolute Gasteiger partial charge is 0.00727 e. The second-order valence-electron chi connectivity index (χ2n) is 5.07. The van der Waals surface area contributed by atoms with Crippen LogP contribution in [0.1, 0.15) is 52.0 Å². The van der Waals surface area contributed by atoms with Gasteiger partial charge in [-0.15, -0.1) is 0 Å². The van der Waals surface area contributed by atoms with Gasteiger partial charge in [0.2, 0.25) is 0 Å². The first kappa shape index (κ1) is 14.7. The van der Waals surface area contributed by atoms with Gasteiger partial charge < -0.3 is 5.32 Å². The van der Waals surface area contributed by atoms with Gasteiger partial charge in [-0.1, -0.05) is 27.2 Å². The molecule has 0 spiro atoms. The first-order valence-electron chi connectivity index (χ1n) is 7.00. The van der Waals surface area contributed by atoms with E-state index in [9.17, 15) is 0 Å². The van der Waals surface area contributed by atoms with Crippen molar-refractivity contribution in [3.8, 4) is 0 Å². The molecular formula is C15H27NS. The van der Waals surface area contributed by atoms with Crippen LogP contribution in [0, 0.1) is 5.92 Å². The minimum Gasteiger partial charge on any atom is -0.314 e. The van der Waals surface area contributed by atoms with E-state index in [1.165, 1.54) is 37.7 Å². The molecular weight excluding hydrogens is 226 g/mol. The lowest BCUT2D eigenvalue weighted by Crippen LogP contribution is -2.31. The number of aryl methyl sites for hydroxylation is 1. The van der Waals surface area contributed by atoms with Crippen molar-refractivity contribution in [1.82, 2.24) is 5.32 Å². The molecule has 0 fully saturated rings. The highest BCUT2D eigenvalue weighted by Crippen LogP contribution is 2.16. The molecule has 1 nitrogen and oxygen atoms in total. The number of hydrogen-bond acceptors (Lipinski definition) is 2. The van der Waals surface area contributed by atoms with Gasteiger partial charge in [0.25, 0.3) is 0 Å². The Bertz CT molecular complexity index is 268. The number of nitrogens with one attached hydrogen (secondary N) is 1. The van der Waals surface area contributed by atoms with Crippen molar-refractivity contribution < 1.29 is 0 Å². The Morgan fingerprint density at radius 3 is 2.76 bits per heavy atom. The van der Waals surface area contributed by atoms with E-state index in [1.54, 1.807) is 0 Å². The average molecular weight is 253 g/mol. The van der Waals surface area contributed by atoms with E-state index < -0.39 is 0 Å². The van der Waals surface area contributed by atoms with Gasteiger partial charge >= 0.3 is 0 Å². The topological polar surface area (TPSA) is 12.0 Å². The first-order chi connectivity index (χ1) is 8.26. The van der Waals surface area contributed by atoms with Gasteiger partial charge in [-0.05, 0) is 60.5 Å². The molecule has 0 aliphatic carbocycles.